The van der Waals surface area contributed by atoms with Crippen molar-refractivity contribution >= 4 is 5.91 Å². The Kier molecular flexibility index (Phi) is 4.29. The summed E-state index contributed by atoms with van der Waals surface area (Å²) in [5.41, 5.74) is 6.13. The Hall–Kier alpha value is -0.650. The topological polar surface area (TPSA) is 52.8 Å². The van der Waals surface area contributed by atoms with Crippen molar-refractivity contribution in [2.24, 2.45) is 5.73 Å². The molecule has 3 heterocycles. The molecule has 0 aromatic rings. The van der Waals surface area contributed by atoms with Gasteiger partial charge in [-0.1, -0.05) is 0 Å². The number of piperidine rings is 1. The molecule has 114 valence electrons. The highest BCUT2D eigenvalue weighted by molar-refractivity contribution is 5.73. The van der Waals surface area contributed by atoms with Crippen LogP contribution >= 0.6 is 0 Å². The molecule has 2 N–H and O–H groups in total. The van der Waals surface area contributed by atoms with E-state index in [1.807, 2.05) is 4.90 Å². The van der Waals surface area contributed by atoms with Crippen LogP contribution in [0.4, 0.5) is 0 Å². The number of nitrogens with two attached hydrogens (primary N) is 1. The van der Waals surface area contributed by atoms with Crippen LogP contribution < -0.4 is 5.73 Å². The molecule has 0 aromatic carbocycles. The molecule has 0 radical (unpaired) electrons. The van der Waals surface area contributed by atoms with Gasteiger partial charge in [-0.2, -0.15) is 0 Å². The Labute approximate surface area is 122 Å². The number of fused-ring (bicyclic) bond motifs is 2. The highest BCUT2D eigenvalue weighted by atomic mass is 16.2. The van der Waals surface area contributed by atoms with Crippen LogP contribution in [0.5, 0.6) is 0 Å². The van der Waals surface area contributed by atoms with Gasteiger partial charge in [-0.3, -0.25) is 14.6 Å². The molecule has 0 aliphatic carbocycles. The van der Waals surface area contributed by atoms with Crippen LogP contribution in [-0.4, -0.2) is 78.0 Å². The van der Waals surface area contributed by atoms with E-state index in [0.717, 1.165) is 44.8 Å². The average Bonchev–Trinajstić information content (AvgIpc) is 2.67. The highest BCUT2D eigenvalue weighted by Gasteiger charge is 2.39. The fourth-order valence-corrected chi connectivity index (χ4v) is 4.22. The number of hydrogen-bond donors (Lipinski definition) is 1. The van der Waals surface area contributed by atoms with Crippen molar-refractivity contribution < 1.29 is 4.79 Å². The van der Waals surface area contributed by atoms with Crippen LogP contribution in [0.3, 0.4) is 0 Å². The summed E-state index contributed by atoms with van der Waals surface area (Å²) < 4.78 is 0. The second-order valence-corrected chi connectivity index (χ2v) is 6.70. The van der Waals surface area contributed by atoms with Gasteiger partial charge in [-0.15, -0.1) is 0 Å². The van der Waals surface area contributed by atoms with Crippen molar-refractivity contribution in [1.29, 1.82) is 0 Å². The minimum atomic E-state index is 0.215. The molecule has 2 bridgehead atoms. The zero-order valence-corrected chi connectivity index (χ0v) is 12.6. The van der Waals surface area contributed by atoms with Crippen LogP contribution in [-0.2, 0) is 4.79 Å². The van der Waals surface area contributed by atoms with Crippen molar-refractivity contribution in [3.8, 4) is 0 Å². The summed E-state index contributed by atoms with van der Waals surface area (Å²) in [6, 6.07) is 1.91. The molecule has 1 amide bonds. The lowest BCUT2D eigenvalue weighted by Gasteiger charge is -2.40. The number of carbonyl (C=O) groups excluding carboxylic acids is 1. The molecule has 3 aliphatic rings. The van der Waals surface area contributed by atoms with Gasteiger partial charge in [-0.25, -0.2) is 0 Å². The van der Waals surface area contributed by atoms with E-state index in [1.165, 1.54) is 32.2 Å². The molecule has 3 saturated heterocycles. The zero-order chi connectivity index (χ0) is 14.1. The minimum absolute atomic E-state index is 0.215. The van der Waals surface area contributed by atoms with Crippen molar-refractivity contribution in [2.75, 3.05) is 39.3 Å². The quantitative estimate of drug-likeness (QED) is 0.797. The summed E-state index contributed by atoms with van der Waals surface area (Å²) >= 11 is 0. The third-order valence-corrected chi connectivity index (χ3v) is 5.41. The normalized spacial score (nSPS) is 35.5. The molecule has 20 heavy (non-hydrogen) atoms. The summed E-state index contributed by atoms with van der Waals surface area (Å²) in [6.45, 7) is 7.85. The molecule has 0 saturated carbocycles. The molecule has 3 rings (SSSR count). The van der Waals surface area contributed by atoms with E-state index in [1.54, 1.807) is 6.92 Å². The molecular formula is C15H28N4O. The van der Waals surface area contributed by atoms with Crippen LogP contribution in [0.2, 0.25) is 0 Å². The average molecular weight is 280 g/mol. The van der Waals surface area contributed by atoms with Gasteiger partial charge in [0.1, 0.15) is 0 Å². The van der Waals surface area contributed by atoms with Gasteiger partial charge in [0.25, 0.3) is 0 Å². The third kappa shape index (κ3) is 3.00. The minimum Gasteiger partial charge on any atom is -0.340 e. The monoisotopic (exact) mass is 280 g/mol. The van der Waals surface area contributed by atoms with Gasteiger partial charge in [0.05, 0.1) is 0 Å². The molecule has 0 aromatic heterocycles. The number of piperazine rings is 1. The summed E-state index contributed by atoms with van der Waals surface area (Å²) in [4.78, 5) is 18.5. The number of hydrogen-bond acceptors (Lipinski definition) is 4. The van der Waals surface area contributed by atoms with Crippen LogP contribution in [0, 0.1) is 0 Å². The van der Waals surface area contributed by atoms with Crippen molar-refractivity contribution in [1.82, 2.24) is 14.7 Å². The first-order valence-electron chi connectivity index (χ1n) is 8.12. The number of rotatable bonds is 3. The SMILES string of the molecule is CC(=O)N1CCN(CCN2[C@@H]3CC[C@H]2C[C@@H](N)C3)CC1. The summed E-state index contributed by atoms with van der Waals surface area (Å²) in [6.07, 6.45) is 5.07. The highest BCUT2D eigenvalue weighted by Crippen LogP contribution is 2.34. The molecule has 3 fully saturated rings. The lowest BCUT2D eigenvalue weighted by molar-refractivity contribution is -0.130. The molecule has 0 unspecified atom stereocenters. The smallest absolute Gasteiger partial charge is 0.219 e. The van der Waals surface area contributed by atoms with E-state index in [0.29, 0.717) is 6.04 Å². The first-order valence-corrected chi connectivity index (χ1v) is 8.12. The molecule has 5 heteroatoms. The van der Waals surface area contributed by atoms with Gasteiger partial charge in [-0.05, 0) is 25.7 Å². The van der Waals surface area contributed by atoms with Gasteiger partial charge in [0.15, 0.2) is 0 Å². The van der Waals surface area contributed by atoms with Crippen LogP contribution in [0.25, 0.3) is 0 Å². The Bertz CT molecular complexity index is 340. The summed E-state index contributed by atoms with van der Waals surface area (Å²) in [5.74, 6) is 0.215. The maximum Gasteiger partial charge on any atom is 0.219 e. The fourth-order valence-electron chi connectivity index (χ4n) is 4.22. The van der Waals surface area contributed by atoms with Crippen molar-refractivity contribution in [3.63, 3.8) is 0 Å². The third-order valence-electron chi connectivity index (χ3n) is 5.41. The predicted molar refractivity (Wildman–Crippen MR) is 79.4 cm³/mol. The van der Waals surface area contributed by atoms with Gasteiger partial charge in [0, 0.05) is 64.3 Å². The largest absolute Gasteiger partial charge is 0.340 e. The Balaban J connectivity index is 1.43. The van der Waals surface area contributed by atoms with E-state index in [-0.39, 0.29) is 5.91 Å². The van der Waals surface area contributed by atoms with Crippen LogP contribution in [0.1, 0.15) is 32.6 Å². The van der Waals surface area contributed by atoms with E-state index in [4.69, 9.17) is 5.73 Å². The fraction of sp³-hybridized carbons (Fsp3) is 0.933. The lowest BCUT2D eigenvalue weighted by Crippen LogP contribution is -2.52. The first kappa shape index (κ1) is 14.3. The molecule has 3 aliphatic heterocycles. The summed E-state index contributed by atoms with van der Waals surface area (Å²) in [7, 11) is 0. The van der Waals surface area contributed by atoms with Gasteiger partial charge in [0.2, 0.25) is 5.91 Å². The maximum atomic E-state index is 11.3. The van der Waals surface area contributed by atoms with E-state index in [2.05, 4.69) is 9.80 Å². The zero-order valence-electron chi connectivity index (χ0n) is 12.6. The van der Waals surface area contributed by atoms with E-state index >= 15 is 0 Å². The van der Waals surface area contributed by atoms with Crippen molar-refractivity contribution in [2.45, 2.75) is 50.7 Å². The summed E-state index contributed by atoms with van der Waals surface area (Å²) in [5, 5.41) is 0. The van der Waals surface area contributed by atoms with Crippen molar-refractivity contribution in [3.05, 3.63) is 0 Å². The first-order chi connectivity index (χ1) is 9.63. The standard InChI is InChI=1S/C15H28N4O/c1-12(20)18-7-4-17(5-8-18)6-9-19-14-2-3-15(19)11-13(16)10-14/h13-15H,2-11,16H2,1H3/t13-,14+,15-. The van der Waals surface area contributed by atoms with Gasteiger partial charge >= 0.3 is 0 Å². The predicted octanol–water partition coefficient (Wildman–Crippen LogP) is 0.105. The van der Waals surface area contributed by atoms with E-state index < -0.39 is 0 Å². The second-order valence-electron chi connectivity index (χ2n) is 6.70. The van der Waals surface area contributed by atoms with Crippen LogP contribution in [0.15, 0.2) is 0 Å². The lowest BCUT2D eigenvalue weighted by atomic mass is 9.98. The number of nitrogens with zero attached hydrogens (tertiary/aromatic N) is 3. The molecule has 5 nitrogen and oxygen atoms in total. The second kappa shape index (κ2) is 6.00. The Morgan fingerprint density at radius 1 is 1.05 bits per heavy atom. The van der Waals surface area contributed by atoms with Gasteiger partial charge < -0.3 is 10.6 Å². The Morgan fingerprint density at radius 3 is 2.20 bits per heavy atom. The van der Waals surface area contributed by atoms with E-state index in [9.17, 15) is 4.79 Å². The maximum absolute atomic E-state index is 11.3. The molecule has 0 spiro atoms. The Morgan fingerprint density at radius 2 is 1.65 bits per heavy atom. The number of carbonyl (C=O) groups is 1. The molecular weight excluding hydrogens is 252 g/mol. The molecule has 3 atom stereocenters. The number of amides is 1.